The number of carbonyl (C=O) groups excluding carboxylic acids is 1. The van der Waals surface area contributed by atoms with Gasteiger partial charge < -0.3 is 14.7 Å². The van der Waals surface area contributed by atoms with E-state index in [2.05, 4.69) is 0 Å². The van der Waals surface area contributed by atoms with E-state index in [1.165, 1.54) is 18.1 Å². The number of hydrogen-bond donors (Lipinski definition) is 1. The molecule has 1 aliphatic heterocycles. The van der Waals surface area contributed by atoms with Crippen LogP contribution in [0.25, 0.3) is 0 Å². The van der Waals surface area contributed by atoms with Gasteiger partial charge in [-0.1, -0.05) is 30.3 Å². The molecule has 3 rings (SSSR count). The van der Waals surface area contributed by atoms with E-state index < -0.39 is 5.60 Å². The Labute approximate surface area is 165 Å². The number of nitrogens with zero attached hydrogens (tertiary/aromatic N) is 2. The molecule has 0 bridgehead atoms. The molecular weight excluding hydrogens is 359 g/mol. The van der Waals surface area contributed by atoms with E-state index in [9.17, 15) is 14.3 Å². The van der Waals surface area contributed by atoms with Crippen molar-refractivity contribution in [2.45, 2.75) is 31.5 Å². The van der Waals surface area contributed by atoms with Crippen LogP contribution in [0.15, 0.2) is 48.5 Å². The number of aliphatic hydroxyl groups is 1. The highest BCUT2D eigenvalue weighted by atomic mass is 19.1. The number of likely N-dealkylation sites (tertiary alicyclic amines) is 1. The maximum atomic E-state index is 14.2. The van der Waals surface area contributed by atoms with E-state index in [0.717, 1.165) is 5.56 Å². The number of hydrogen-bond acceptors (Lipinski definition) is 4. The van der Waals surface area contributed by atoms with E-state index in [0.29, 0.717) is 37.2 Å². The zero-order valence-electron chi connectivity index (χ0n) is 16.4. The van der Waals surface area contributed by atoms with E-state index in [1.807, 2.05) is 42.3 Å². The smallest absolute Gasteiger partial charge is 0.256 e. The molecule has 5 nitrogen and oxygen atoms in total. The number of piperidine rings is 1. The number of carbonyl (C=O) groups is 1. The Morgan fingerprint density at radius 2 is 2.00 bits per heavy atom. The molecule has 0 saturated carbocycles. The predicted octanol–water partition coefficient (Wildman–Crippen LogP) is 2.82. The summed E-state index contributed by atoms with van der Waals surface area (Å²) in [6.07, 6.45) is 1.08. The predicted molar refractivity (Wildman–Crippen MR) is 105 cm³/mol. The van der Waals surface area contributed by atoms with Crippen molar-refractivity contribution in [3.63, 3.8) is 0 Å². The third-order valence-electron chi connectivity index (χ3n) is 5.14. The topological polar surface area (TPSA) is 53.0 Å². The summed E-state index contributed by atoms with van der Waals surface area (Å²) in [5.41, 5.74) is 0.0404. The van der Waals surface area contributed by atoms with E-state index in [1.54, 1.807) is 12.1 Å². The van der Waals surface area contributed by atoms with Gasteiger partial charge in [0.1, 0.15) is 11.6 Å². The van der Waals surface area contributed by atoms with E-state index >= 15 is 0 Å². The summed E-state index contributed by atoms with van der Waals surface area (Å²) in [6.45, 7) is 1.49. The first-order chi connectivity index (χ1) is 13.4. The highest BCUT2D eigenvalue weighted by Gasteiger charge is 2.43. The number of methoxy groups -OCH3 is 1. The molecule has 28 heavy (non-hydrogen) atoms. The average Bonchev–Trinajstić information content (AvgIpc) is 2.68. The number of benzene rings is 2. The minimum atomic E-state index is -1.46. The zero-order chi connectivity index (χ0) is 20.1. The van der Waals surface area contributed by atoms with Crippen LogP contribution in [0.2, 0.25) is 0 Å². The second kappa shape index (κ2) is 8.71. The molecule has 1 saturated heterocycles. The Bertz CT molecular complexity index is 815. The molecule has 0 unspecified atom stereocenters. The fourth-order valence-electron chi connectivity index (χ4n) is 3.77. The maximum absolute atomic E-state index is 14.2. The van der Waals surface area contributed by atoms with Crippen molar-refractivity contribution in [3.8, 4) is 5.75 Å². The van der Waals surface area contributed by atoms with Crippen molar-refractivity contribution in [2.75, 3.05) is 27.2 Å². The van der Waals surface area contributed by atoms with Gasteiger partial charge in [0.2, 0.25) is 0 Å². The monoisotopic (exact) mass is 386 g/mol. The van der Waals surface area contributed by atoms with Gasteiger partial charge >= 0.3 is 0 Å². The fraction of sp³-hybridized carbons (Fsp3) is 0.409. The molecule has 0 spiro atoms. The van der Waals surface area contributed by atoms with Gasteiger partial charge in [-0.3, -0.25) is 9.69 Å². The summed E-state index contributed by atoms with van der Waals surface area (Å²) >= 11 is 0. The summed E-state index contributed by atoms with van der Waals surface area (Å²) in [7, 11) is 3.41. The second-order valence-electron chi connectivity index (χ2n) is 7.48. The van der Waals surface area contributed by atoms with Crippen LogP contribution in [0.4, 0.5) is 4.39 Å². The molecule has 1 aliphatic rings. The summed E-state index contributed by atoms with van der Waals surface area (Å²) in [6, 6.07) is 14.4. The van der Waals surface area contributed by atoms with Crippen LogP contribution in [-0.2, 0) is 17.9 Å². The van der Waals surface area contributed by atoms with Crippen LogP contribution < -0.4 is 4.74 Å². The van der Waals surface area contributed by atoms with E-state index in [-0.39, 0.29) is 24.8 Å². The highest BCUT2D eigenvalue weighted by Crippen LogP contribution is 2.27. The van der Waals surface area contributed by atoms with Gasteiger partial charge in [-0.2, -0.15) is 0 Å². The molecule has 0 aromatic heterocycles. The zero-order valence-corrected chi connectivity index (χ0v) is 16.4. The standard InChI is InChI=1S/C22H27FN2O3/c1-24(14-17-7-4-3-5-8-17)16-22(27)11-6-12-25(21(22)26)15-18-13-19(28-2)9-10-20(18)23/h3-5,7-10,13,27H,6,11-12,14-16H2,1-2H3/t22-/m1/s1. The van der Waals surface area contributed by atoms with Crippen LogP contribution in [0, 0.1) is 5.82 Å². The minimum Gasteiger partial charge on any atom is -0.497 e. The van der Waals surface area contributed by atoms with Crippen LogP contribution in [0.5, 0.6) is 5.75 Å². The molecule has 2 aromatic carbocycles. The molecule has 0 aliphatic carbocycles. The molecule has 1 atom stereocenters. The lowest BCUT2D eigenvalue weighted by Crippen LogP contribution is -2.57. The normalized spacial score (nSPS) is 19.9. The van der Waals surface area contributed by atoms with Gasteiger partial charge in [0.15, 0.2) is 5.60 Å². The molecule has 1 amide bonds. The van der Waals surface area contributed by atoms with Crippen LogP contribution >= 0.6 is 0 Å². The van der Waals surface area contributed by atoms with Crippen molar-refractivity contribution in [1.29, 1.82) is 0 Å². The average molecular weight is 386 g/mol. The molecule has 1 heterocycles. The van der Waals surface area contributed by atoms with Gasteiger partial charge in [-0.15, -0.1) is 0 Å². The number of likely N-dealkylation sites (N-methyl/N-ethyl adjacent to an activating group) is 1. The third kappa shape index (κ3) is 4.69. The summed E-state index contributed by atoms with van der Waals surface area (Å²) in [5, 5.41) is 11.1. The summed E-state index contributed by atoms with van der Waals surface area (Å²) in [4.78, 5) is 16.5. The summed E-state index contributed by atoms with van der Waals surface area (Å²) < 4.78 is 19.3. The molecule has 6 heteroatoms. The maximum Gasteiger partial charge on any atom is 0.256 e. The van der Waals surface area contributed by atoms with Crippen LogP contribution in [-0.4, -0.2) is 53.7 Å². The SMILES string of the molecule is COc1ccc(F)c(CN2CCC[C@@](O)(CN(C)Cc3ccccc3)C2=O)c1. The lowest BCUT2D eigenvalue weighted by molar-refractivity contribution is -0.160. The van der Waals surface area contributed by atoms with Crippen molar-refractivity contribution in [2.24, 2.45) is 0 Å². The van der Waals surface area contributed by atoms with Gasteiger partial charge in [-0.05, 0) is 43.7 Å². The number of ether oxygens (including phenoxy) is 1. The Morgan fingerprint density at radius 1 is 1.25 bits per heavy atom. The Hall–Kier alpha value is -2.44. The summed E-state index contributed by atoms with van der Waals surface area (Å²) in [5.74, 6) is -0.191. The Balaban J connectivity index is 1.68. The first-order valence-corrected chi connectivity index (χ1v) is 9.48. The third-order valence-corrected chi connectivity index (χ3v) is 5.14. The largest absolute Gasteiger partial charge is 0.497 e. The first kappa shape index (κ1) is 20.3. The number of halogens is 1. The van der Waals surface area contributed by atoms with Crippen molar-refractivity contribution in [3.05, 3.63) is 65.5 Å². The quantitative estimate of drug-likeness (QED) is 0.795. The van der Waals surface area contributed by atoms with Gasteiger partial charge in [-0.25, -0.2) is 4.39 Å². The van der Waals surface area contributed by atoms with Crippen molar-refractivity contribution < 1.29 is 19.0 Å². The van der Waals surface area contributed by atoms with Crippen LogP contribution in [0.1, 0.15) is 24.0 Å². The molecule has 1 fully saturated rings. The number of rotatable bonds is 7. The van der Waals surface area contributed by atoms with Crippen LogP contribution in [0.3, 0.4) is 0 Å². The van der Waals surface area contributed by atoms with Gasteiger partial charge in [0, 0.05) is 31.7 Å². The lowest BCUT2D eigenvalue weighted by Gasteiger charge is -2.40. The molecule has 150 valence electrons. The second-order valence-corrected chi connectivity index (χ2v) is 7.48. The van der Waals surface area contributed by atoms with Crippen molar-refractivity contribution >= 4 is 5.91 Å². The van der Waals surface area contributed by atoms with E-state index in [4.69, 9.17) is 4.74 Å². The number of amides is 1. The Morgan fingerprint density at radius 3 is 2.71 bits per heavy atom. The van der Waals surface area contributed by atoms with Crippen molar-refractivity contribution in [1.82, 2.24) is 9.80 Å². The van der Waals surface area contributed by atoms with Gasteiger partial charge in [0.05, 0.1) is 7.11 Å². The molecule has 2 aromatic rings. The Kier molecular flexibility index (Phi) is 6.31. The minimum absolute atomic E-state index is 0.118. The molecule has 0 radical (unpaired) electrons. The first-order valence-electron chi connectivity index (χ1n) is 9.48. The molecular formula is C22H27FN2O3. The lowest BCUT2D eigenvalue weighted by atomic mass is 9.90. The molecule has 1 N–H and O–H groups in total. The fourth-order valence-corrected chi connectivity index (χ4v) is 3.77. The highest BCUT2D eigenvalue weighted by molar-refractivity contribution is 5.86. The van der Waals surface area contributed by atoms with Gasteiger partial charge in [0.25, 0.3) is 5.91 Å².